The quantitative estimate of drug-likeness (QED) is 0.177. The summed E-state index contributed by atoms with van der Waals surface area (Å²) in [5, 5.41) is 48.7. The first-order chi connectivity index (χ1) is 20.3. The van der Waals surface area contributed by atoms with Gasteiger partial charge in [-0.25, -0.2) is 0 Å². The smallest absolute Gasteiger partial charge is 0.319 e. The van der Waals surface area contributed by atoms with Crippen molar-refractivity contribution in [2.45, 2.75) is 51.8 Å². The predicted octanol–water partition coefficient (Wildman–Crippen LogP) is 0.709. The lowest BCUT2D eigenvalue weighted by Crippen LogP contribution is -2.65. The number of hydrogen-bond acceptors (Lipinski definition) is 12. The standard InChI is InChI=1S/C31H42N4O9/c1-30(2,3)13-44-19(36)12-33-11-15-10-18(34(4)5)16-8-14-9-17-23(35(6)7)26(39)22(29(32)42)28(41)31(17,43)27(40)20(14)25(38)21(16)24(15)37/h10,14,17,23,33,37-38,41,43H,8-9,11-13H2,1-7H3,(H2,32,42)/t14-,17-,23-,31-/m0/s1. The van der Waals surface area contributed by atoms with Crippen LogP contribution in [0.25, 0.3) is 5.76 Å². The molecule has 7 N–H and O–H groups in total. The van der Waals surface area contributed by atoms with Crippen LogP contribution < -0.4 is 16.0 Å². The maximum absolute atomic E-state index is 14.1. The fourth-order valence-electron chi connectivity index (χ4n) is 6.53. The lowest BCUT2D eigenvalue weighted by molar-refractivity contribution is -0.153. The molecule has 0 unspecified atom stereocenters. The summed E-state index contributed by atoms with van der Waals surface area (Å²) in [6, 6.07) is 0.569. The molecule has 1 aromatic carbocycles. The van der Waals surface area contributed by atoms with Gasteiger partial charge in [0.15, 0.2) is 11.4 Å². The number of phenolic OH excluding ortho intramolecular Hbond substituents is 1. The zero-order chi connectivity index (χ0) is 33.0. The number of esters is 1. The number of nitrogens with one attached hydrogen (secondary N) is 1. The van der Waals surface area contributed by atoms with Gasteiger partial charge in [-0.3, -0.25) is 24.1 Å². The minimum absolute atomic E-state index is 0.000618. The Kier molecular flexibility index (Phi) is 8.64. The molecular weight excluding hydrogens is 572 g/mol. The van der Waals surface area contributed by atoms with Crippen LogP contribution >= 0.6 is 0 Å². The van der Waals surface area contributed by atoms with Crippen molar-refractivity contribution in [3.63, 3.8) is 0 Å². The number of carbonyl (C=O) groups excluding carboxylic acids is 4. The Bertz CT molecular complexity index is 1490. The van der Waals surface area contributed by atoms with Crippen molar-refractivity contribution in [2.75, 3.05) is 46.2 Å². The summed E-state index contributed by atoms with van der Waals surface area (Å²) in [6.07, 6.45) is 0.168. The van der Waals surface area contributed by atoms with Crippen LogP contribution in [0.15, 0.2) is 23.0 Å². The topological polar surface area (TPSA) is 203 Å². The molecule has 0 aromatic heterocycles. The molecule has 240 valence electrons. The van der Waals surface area contributed by atoms with E-state index in [4.69, 9.17) is 10.5 Å². The van der Waals surface area contributed by atoms with Crippen molar-refractivity contribution in [2.24, 2.45) is 23.0 Å². The number of aliphatic hydroxyl groups is 3. The number of likely N-dealkylation sites (N-methyl/N-ethyl adjacent to an activating group) is 1. The minimum Gasteiger partial charge on any atom is -0.508 e. The number of Topliss-reactive ketones (excluding diaryl/α,β-unsaturated/α-hetero) is 2. The van der Waals surface area contributed by atoms with Crippen LogP contribution in [-0.4, -0.2) is 102 Å². The molecule has 0 aliphatic heterocycles. The number of anilines is 1. The summed E-state index contributed by atoms with van der Waals surface area (Å²) >= 11 is 0. The lowest BCUT2D eigenvalue weighted by Gasteiger charge is -2.50. The summed E-state index contributed by atoms with van der Waals surface area (Å²) in [6.45, 7) is 5.94. The third-order valence-corrected chi connectivity index (χ3v) is 8.51. The number of ketones is 2. The number of carbonyl (C=O) groups is 4. The number of nitrogens with two attached hydrogens (primary N) is 1. The number of benzene rings is 1. The highest BCUT2D eigenvalue weighted by atomic mass is 16.5. The maximum atomic E-state index is 14.1. The molecule has 1 amide bonds. The van der Waals surface area contributed by atoms with Crippen molar-refractivity contribution in [1.82, 2.24) is 10.2 Å². The predicted molar refractivity (Wildman–Crippen MR) is 161 cm³/mol. The average molecular weight is 615 g/mol. The Morgan fingerprint density at radius 3 is 2.32 bits per heavy atom. The molecule has 4 atom stereocenters. The summed E-state index contributed by atoms with van der Waals surface area (Å²) < 4.78 is 5.27. The van der Waals surface area contributed by atoms with E-state index in [-0.39, 0.29) is 54.8 Å². The van der Waals surface area contributed by atoms with Crippen molar-refractivity contribution in [3.8, 4) is 5.75 Å². The molecule has 3 aliphatic carbocycles. The van der Waals surface area contributed by atoms with Crippen LogP contribution in [0.4, 0.5) is 5.69 Å². The minimum atomic E-state index is -2.71. The van der Waals surface area contributed by atoms with Gasteiger partial charge in [-0.2, -0.15) is 0 Å². The third kappa shape index (κ3) is 5.44. The number of phenols is 1. The number of aromatic hydroxyl groups is 1. The highest BCUT2D eigenvalue weighted by molar-refractivity contribution is 6.24. The third-order valence-electron chi connectivity index (χ3n) is 8.51. The van der Waals surface area contributed by atoms with E-state index in [0.717, 1.165) is 0 Å². The van der Waals surface area contributed by atoms with Gasteiger partial charge in [-0.1, -0.05) is 20.8 Å². The number of hydrogen-bond donors (Lipinski definition) is 6. The second kappa shape index (κ2) is 11.5. The number of aliphatic hydroxyl groups excluding tert-OH is 2. The van der Waals surface area contributed by atoms with E-state index < -0.39 is 64.0 Å². The first-order valence-corrected chi connectivity index (χ1v) is 14.4. The highest BCUT2D eigenvalue weighted by Gasteiger charge is 2.64. The molecule has 3 aliphatic rings. The molecular formula is C31H42N4O9. The SMILES string of the molecule is CN(C)c1cc(CNCC(=O)OCC(C)(C)C)c(O)c2c1C[C@H]1C[C@H]3[C@H](N(C)C)C(=O)C(C(N)=O)=C(O)[C@@]3(O)C(=O)C1=C2O. The summed E-state index contributed by atoms with van der Waals surface area (Å²) in [5.41, 5.74) is 2.89. The number of fused-ring (bicyclic) bond motifs is 3. The number of amides is 1. The van der Waals surface area contributed by atoms with E-state index in [2.05, 4.69) is 5.32 Å². The van der Waals surface area contributed by atoms with Crippen LogP contribution in [0.2, 0.25) is 0 Å². The Balaban J connectivity index is 1.78. The lowest BCUT2D eigenvalue weighted by atomic mass is 9.57. The van der Waals surface area contributed by atoms with E-state index >= 15 is 0 Å². The second-order valence-corrected chi connectivity index (χ2v) is 13.4. The van der Waals surface area contributed by atoms with Crippen LogP contribution in [0.5, 0.6) is 5.75 Å². The zero-order valence-electron chi connectivity index (χ0n) is 26.1. The maximum Gasteiger partial charge on any atom is 0.319 e. The molecule has 13 nitrogen and oxygen atoms in total. The Labute approximate surface area is 256 Å². The molecule has 13 heteroatoms. The van der Waals surface area contributed by atoms with Crippen LogP contribution in [0, 0.1) is 17.3 Å². The normalized spacial score (nSPS) is 25.1. The second-order valence-electron chi connectivity index (χ2n) is 13.4. The molecule has 1 fully saturated rings. The van der Waals surface area contributed by atoms with Gasteiger partial charge in [-0.05, 0) is 49.9 Å². The number of rotatable bonds is 8. The van der Waals surface area contributed by atoms with E-state index in [0.29, 0.717) is 16.8 Å². The van der Waals surface area contributed by atoms with E-state index in [1.54, 1.807) is 39.2 Å². The summed E-state index contributed by atoms with van der Waals surface area (Å²) in [4.78, 5) is 55.0. The number of ether oxygens (including phenoxy) is 1. The largest absolute Gasteiger partial charge is 0.508 e. The van der Waals surface area contributed by atoms with Crippen LogP contribution in [0.3, 0.4) is 0 Å². The number of primary amides is 1. The molecule has 0 radical (unpaired) electrons. The van der Waals surface area contributed by atoms with Crippen molar-refractivity contribution in [1.29, 1.82) is 0 Å². The van der Waals surface area contributed by atoms with Gasteiger partial charge in [0.1, 0.15) is 22.8 Å². The molecule has 44 heavy (non-hydrogen) atoms. The zero-order valence-corrected chi connectivity index (χ0v) is 26.1. The summed E-state index contributed by atoms with van der Waals surface area (Å²) in [5.74, 6) is -7.52. The van der Waals surface area contributed by atoms with Gasteiger partial charge in [0.2, 0.25) is 5.78 Å². The van der Waals surface area contributed by atoms with Gasteiger partial charge in [-0.15, -0.1) is 0 Å². The monoisotopic (exact) mass is 614 g/mol. The molecule has 0 bridgehead atoms. The first-order valence-electron chi connectivity index (χ1n) is 14.4. The van der Waals surface area contributed by atoms with Gasteiger partial charge in [0, 0.05) is 43.4 Å². The van der Waals surface area contributed by atoms with Gasteiger partial charge < -0.3 is 41.1 Å². The molecule has 1 aromatic rings. The highest BCUT2D eigenvalue weighted by Crippen LogP contribution is 2.54. The molecule has 0 spiro atoms. The van der Waals surface area contributed by atoms with E-state index in [1.807, 2.05) is 20.8 Å². The Hall–Kier alpha value is -3.94. The first kappa shape index (κ1) is 33.0. The average Bonchev–Trinajstić information content (AvgIpc) is 2.89. The molecule has 0 saturated heterocycles. The van der Waals surface area contributed by atoms with E-state index in [9.17, 15) is 39.6 Å². The van der Waals surface area contributed by atoms with Crippen molar-refractivity contribution in [3.05, 3.63) is 39.7 Å². The Morgan fingerprint density at radius 1 is 1.14 bits per heavy atom. The fraction of sp³-hybridized carbons (Fsp3) is 0.548. The molecule has 1 saturated carbocycles. The fourth-order valence-corrected chi connectivity index (χ4v) is 6.53. The van der Waals surface area contributed by atoms with Crippen molar-refractivity contribution < 1.29 is 44.3 Å². The van der Waals surface area contributed by atoms with Gasteiger partial charge in [0.25, 0.3) is 5.91 Å². The summed E-state index contributed by atoms with van der Waals surface area (Å²) in [7, 11) is 6.67. The number of nitrogens with zero attached hydrogens (tertiary/aromatic N) is 2. The van der Waals surface area contributed by atoms with Crippen LogP contribution in [0.1, 0.15) is 43.9 Å². The van der Waals surface area contributed by atoms with Gasteiger partial charge >= 0.3 is 5.97 Å². The van der Waals surface area contributed by atoms with E-state index in [1.165, 1.54) is 4.90 Å². The van der Waals surface area contributed by atoms with Gasteiger partial charge in [0.05, 0.1) is 24.8 Å². The van der Waals surface area contributed by atoms with Crippen molar-refractivity contribution >= 4 is 34.9 Å². The molecule has 4 rings (SSSR count). The molecule has 0 heterocycles. The van der Waals surface area contributed by atoms with Crippen LogP contribution in [-0.2, 0) is 36.9 Å². The Morgan fingerprint density at radius 2 is 1.77 bits per heavy atom.